The highest BCUT2D eigenvalue weighted by atomic mass is 35.5. The molecule has 4 heteroatoms. The van der Waals surface area contributed by atoms with Gasteiger partial charge >= 0.3 is 0 Å². The van der Waals surface area contributed by atoms with Gasteiger partial charge < -0.3 is 0 Å². The maximum atomic E-state index is 14.3. The van der Waals surface area contributed by atoms with Gasteiger partial charge in [0.1, 0.15) is 5.82 Å². The maximum Gasteiger partial charge on any atom is 0.127 e. The summed E-state index contributed by atoms with van der Waals surface area (Å²) in [6.07, 6.45) is 0.0675. The summed E-state index contributed by atoms with van der Waals surface area (Å²) in [5.74, 6) is -0.148. The molecule has 1 heterocycles. The zero-order valence-electron chi connectivity index (χ0n) is 16.0. The van der Waals surface area contributed by atoms with E-state index in [2.05, 4.69) is 47.1 Å². The van der Waals surface area contributed by atoms with Gasteiger partial charge in [0.15, 0.2) is 0 Å². The van der Waals surface area contributed by atoms with Gasteiger partial charge in [-0.05, 0) is 41.8 Å². The highest BCUT2D eigenvalue weighted by Gasteiger charge is 2.33. The van der Waals surface area contributed by atoms with Crippen molar-refractivity contribution in [1.29, 1.82) is 0 Å². The van der Waals surface area contributed by atoms with Crippen LogP contribution in [0.2, 0.25) is 5.02 Å². The van der Waals surface area contributed by atoms with Crippen LogP contribution in [0.15, 0.2) is 72.8 Å². The van der Waals surface area contributed by atoms with E-state index < -0.39 is 0 Å². The first kappa shape index (κ1) is 19.1. The molecule has 3 aromatic carbocycles. The Kier molecular flexibility index (Phi) is 5.77. The van der Waals surface area contributed by atoms with Crippen LogP contribution in [0.3, 0.4) is 0 Å². The Morgan fingerprint density at radius 1 is 0.857 bits per heavy atom. The number of hydrogen-bond acceptors (Lipinski definition) is 2. The lowest BCUT2D eigenvalue weighted by molar-refractivity contribution is 0.124. The summed E-state index contributed by atoms with van der Waals surface area (Å²) in [4.78, 5) is 4.79. The van der Waals surface area contributed by atoms with E-state index in [9.17, 15) is 4.39 Å². The Morgan fingerprint density at radius 3 is 2.18 bits per heavy atom. The van der Waals surface area contributed by atoms with Crippen molar-refractivity contribution in [3.8, 4) is 0 Å². The van der Waals surface area contributed by atoms with E-state index in [-0.39, 0.29) is 12.0 Å². The maximum absolute atomic E-state index is 14.3. The average Bonchev–Trinajstić information content (AvgIpc) is 3.08. The van der Waals surface area contributed by atoms with Crippen molar-refractivity contribution in [2.75, 3.05) is 13.1 Å². The van der Waals surface area contributed by atoms with Gasteiger partial charge in [-0.25, -0.2) is 4.39 Å². The van der Waals surface area contributed by atoms with Gasteiger partial charge in [-0.3, -0.25) is 9.80 Å². The molecule has 0 saturated carbocycles. The van der Waals surface area contributed by atoms with E-state index in [1.165, 1.54) is 17.2 Å². The van der Waals surface area contributed by atoms with Crippen molar-refractivity contribution < 1.29 is 4.39 Å². The summed E-state index contributed by atoms with van der Waals surface area (Å²) in [5, 5.41) is 0.728. The Bertz CT molecular complexity index is 903. The molecule has 28 heavy (non-hydrogen) atoms. The normalized spacial score (nSPS) is 17.9. The van der Waals surface area contributed by atoms with Gasteiger partial charge in [0.05, 0.1) is 6.17 Å². The lowest BCUT2D eigenvalue weighted by Crippen LogP contribution is -2.31. The summed E-state index contributed by atoms with van der Waals surface area (Å²) in [7, 11) is 0. The van der Waals surface area contributed by atoms with Crippen molar-refractivity contribution in [3.63, 3.8) is 0 Å². The molecular weight excluding hydrogens is 371 g/mol. The Morgan fingerprint density at radius 2 is 1.50 bits per heavy atom. The average molecular weight is 395 g/mol. The summed E-state index contributed by atoms with van der Waals surface area (Å²) in [5.41, 5.74) is 4.49. The van der Waals surface area contributed by atoms with Gasteiger partial charge in [0, 0.05) is 36.8 Å². The molecule has 3 aromatic rings. The first-order valence-corrected chi connectivity index (χ1v) is 10.0. The molecule has 0 amide bonds. The molecule has 0 radical (unpaired) electrons. The van der Waals surface area contributed by atoms with Gasteiger partial charge in [0.25, 0.3) is 0 Å². The SMILES string of the molecule is Cc1ccccc1CN1CCN(Cc2ccccc2F)[C@@H]1c1cccc(Cl)c1. The number of halogens is 2. The topological polar surface area (TPSA) is 6.48 Å². The van der Waals surface area contributed by atoms with Crippen molar-refractivity contribution in [1.82, 2.24) is 9.80 Å². The van der Waals surface area contributed by atoms with Crippen LogP contribution in [0.1, 0.15) is 28.4 Å². The molecule has 0 aliphatic carbocycles. The first-order valence-electron chi connectivity index (χ1n) is 9.63. The smallest absolute Gasteiger partial charge is 0.127 e. The fourth-order valence-corrected chi connectivity index (χ4v) is 4.20. The second kappa shape index (κ2) is 8.44. The molecule has 0 aromatic heterocycles. The van der Waals surface area contributed by atoms with E-state index in [0.717, 1.165) is 35.8 Å². The van der Waals surface area contributed by atoms with Crippen LogP contribution in [-0.2, 0) is 13.1 Å². The van der Waals surface area contributed by atoms with Crippen LogP contribution in [0.25, 0.3) is 0 Å². The molecule has 1 fully saturated rings. The third-order valence-corrected chi connectivity index (χ3v) is 5.71. The molecule has 0 unspecified atom stereocenters. The van der Waals surface area contributed by atoms with Crippen molar-refractivity contribution in [3.05, 3.63) is 106 Å². The number of nitrogens with zero attached hydrogens (tertiary/aromatic N) is 2. The molecule has 144 valence electrons. The zero-order chi connectivity index (χ0) is 19.5. The minimum atomic E-state index is -0.148. The second-order valence-electron chi connectivity index (χ2n) is 7.39. The van der Waals surface area contributed by atoms with Crippen LogP contribution in [0.5, 0.6) is 0 Å². The highest BCUT2D eigenvalue weighted by molar-refractivity contribution is 6.30. The molecule has 1 aliphatic heterocycles. The molecule has 0 spiro atoms. The Hall–Kier alpha value is -2.20. The minimum absolute atomic E-state index is 0.0675. The second-order valence-corrected chi connectivity index (χ2v) is 7.82. The summed E-state index contributed by atoms with van der Waals surface area (Å²) in [6.45, 7) is 5.40. The number of benzene rings is 3. The van der Waals surface area contributed by atoms with E-state index in [0.29, 0.717) is 6.54 Å². The summed E-state index contributed by atoms with van der Waals surface area (Å²) in [6, 6.07) is 23.6. The van der Waals surface area contributed by atoms with Gasteiger partial charge in [-0.1, -0.05) is 66.2 Å². The van der Waals surface area contributed by atoms with E-state index in [4.69, 9.17) is 11.6 Å². The van der Waals surface area contributed by atoms with Crippen LogP contribution >= 0.6 is 11.6 Å². The first-order chi connectivity index (χ1) is 13.6. The van der Waals surface area contributed by atoms with Crippen molar-refractivity contribution >= 4 is 11.6 Å². The molecule has 0 bridgehead atoms. The lowest BCUT2D eigenvalue weighted by Gasteiger charge is -2.31. The third-order valence-electron chi connectivity index (χ3n) is 5.48. The highest BCUT2D eigenvalue weighted by Crippen LogP contribution is 2.34. The molecule has 1 saturated heterocycles. The van der Waals surface area contributed by atoms with E-state index >= 15 is 0 Å². The summed E-state index contributed by atoms with van der Waals surface area (Å²) >= 11 is 6.29. The van der Waals surface area contributed by atoms with Gasteiger partial charge in [-0.15, -0.1) is 0 Å². The van der Waals surface area contributed by atoms with Gasteiger partial charge in [0.2, 0.25) is 0 Å². The fraction of sp³-hybridized carbons (Fsp3) is 0.250. The molecule has 1 aliphatic rings. The standard InChI is InChI=1S/C24H24ClFN2/c1-18-7-2-3-8-20(18)16-27-13-14-28(17-21-9-4-5-12-23(21)26)24(27)19-10-6-11-22(25)15-19/h2-12,15,24H,13-14,16-17H2,1H3/t24-/m1/s1. The van der Waals surface area contributed by atoms with E-state index in [1.54, 1.807) is 6.07 Å². The van der Waals surface area contributed by atoms with Crippen molar-refractivity contribution in [2.45, 2.75) is 26.2 Å². The van der Waals surface area contributed by atoms with E-state index in [1.807, 2.05) is 30.3 Å². The molecular formula is C24H24ClFN2. The monoisotopic (exact) mass is 394 g/mol. The molecule has 1 atom stereocenters. The molecule has 0 N–H and O–H groups in total. The zero-order valence-corrected chi connectivity index (χ0v) is 16.7. The van der Waals surface area contributed by atoms with Crippen LogP contribution in [-0.4, -0.2) is 22.9 Å². The van der Waals surface area contributed by atoms with Crippen molar-refractivity contribution in [2.24, 2.45) is 0 Å². The van der Waals surface area contributed by atoms with Crippen LogP contribution in [0, 0.1) is 12.7 Å². The molecule has 2 nitrogen and oxygen atoms in total. The number of rotatable bonds is 5. The predicted molar refractivity (Wildman–Crippen MR) is 113 cm³/mol. The lowest BCUT2D eigenvalue weighted by atomic mass is 10.1. The summed E-state index contributed by atoms with van der Waals surface area (Å²) < 4.78 is 14.3. The van der Waals surface area contributed by atoms with Crippen LogP contribution < -0.4 is 0 Å². The number of aryl methyl sites for hydroxylation is 1. The Balaban J connectivity index is 1.65. The number of hydrogen-bond donors (Lipinski definition) is 0. The predicted octanol–water partition coefficient (Wildman–Crippen LogP) is 5.80. The fourth-order valence-electron chi connectivity index (χ4n) is 4.00. The van der Waals surface area contributed by atoms with Gasteiger partial charge in [-0.2, -0.15) is 0 Å². The third kappa shape index (κ3) is 4.12. The van der Waals surface area contributed by atoms with Crippen LogP contribution in [0.4, 0.5) is 4.39 Å². The minimum Gasteiger partial charge on any atom is -0.278 e. The largest absolute Gasteiger partial charge is 0.278 e. The molecule has 4 rings (SSSR count). The Labute approximate surface area is 171 Å². The quantitative estimate of drug-likeness (QED) is 0.539.